The summed E-state index contributed by atoms with van der Waals surface area (Å²) in [5.41, 5.74) is 3.57. The molecule has 0 saturated heterocycles. The quantitative estimate of drug-likeness (QED) is 0.448. The van der Waals surface area contributed by atoms with Crippen LogP contribution in [0.3, 0.4) is 0 Å². The lowest BCUT2D eigenvalue weighted by molar-refractivity contribution is 0.0964. The van der Waals surface area contributed by atoms with Gasteiger partial charge in [0.25, 0.3) is 0 Å². The van der Waals surface area contributed by atoms with Crippen LogP contribution in [0.1, 0.15) is 61.2 Å². The number of nitrogens with one attached hydrogen (secondary N) is 1. The van der Waals surface area contributed by atoms with E-state index < -0.39 is 0 Å². The number of benzene rings is 1. The van der Waals surface area contributed by atoms with Crippen molar-refractivity contribution in [2.45, 2.75) is 58.9 Å². The van der Waals surface area contributed by atoms with Crippen molar-refractivity contribution in [2.24, 2.45) is 0 Å². The number of aliphatic hydroxyl groups excluding tert-OH is 1. The van der Waals surface area contributed by atoms with Crippen LogP contribution in [0.2, 0.25) is 0 Å². The molecule has 2 N–H and O–H groups in total. The highest BCUT2D eigenvalue weighted by molar-refractivity contribution is 5.97. The molecule has 1 aliphatic rings. The molecule has 0 fully saturated rings. The summed E-state index contributed by atoms with van der Waals surface area (Å²) in [4.78, 5) is 13.4. The van der Waals surface area contributed by atoms with E-state index in [1.807, 2.05) is 27.7 Å². The number of rotatable bonds is 9. The molecule has 10 heteroatoms. The van der Waals surface area contributed by atoms with E-state index >= 15 is 0 Å². The van der Waals surface area contributed by atoms with Crippen molar-refractivity contribution in [2.75, 3.05) is 26.9 Å². The summed E-state index contributed by atoms with van der Waals surface area (Å²) in [6.45, 7) is 8.25. The van der Waals surface area contributed by atoms with Crippen LogP contribution in [0.4, 0.5) is 0 Å². The number of hydrogen-bond donors (Lipinski definition) is 2. The Bertz CT molecular complexity index is 1320. The maximum atomic E-state index is 13.4. The minimum absolute atomic E-state index is 0.00492. The number of carbonyl (C=O) groups excluding carboxylic acids is 1. The van der Waals surface area contributed by atoms with Crippen LogP contribution in [0.15, 0.2) is 12.1 Å². The Kier molecular flexibility index (Phi) is 6.84. The molecule has 0 radical (unpaired) electrons. The molecule has 0 saturated carbocycles. The molecular formula is C25H33N5O5. The molecule has 35 heavy (non-hydrogen) atoms. The maximum absolute atomic E-state index is 13.4. The molecule has 3 aromatic rings. The highest BCUT2D eigenvalue weighted by Gasteiger charge is 2.27. The van der Waals surface area contributed by atoms with Gasteiger partial charge >= 0.3 is 0 Å². The topological polar surface area (TPSA) is 124 Å². The van der Waals surface area contributed by atoms with Crippen molar-refractivity contribution in [1.29, 1.82) is 5.41 Å². The smallest absolute Gasteiger partial charge is 0.242 e. The minimum atomic E-state index is -0.323. The Balaban J connectivity index is 1.75. The van der Waals surface area contributed by atoms with E-state index in [-0.39, 0.29) is 36.6 Å². The zero-order valence-corrected chi connectivity index (χ0v) is 21.0. The van der Waals surface area contributed by atoms with Crippen molar-refractivity contribution in [1.82, 2.24) is 19.4 Å². The van der Waals surface area contributed by atoms with E-state index in [1.54, 1.807) is 19.2 Å². The number of ether oxygens (including phenoxy) is 3. The van der Waals surface area contributed by atoms with Gasteiger partial charge in [0, 0.05) is 22.3 Å². The number of fused-ring (bicyclic) bond motifs is 3. The zero-order valence-electron chi connectivity index (χ0n) is 21.0. The highest BCUT2D eigenvalue weighted by Crippen LogP contribution is 2.40. The summed E-state index contributed by atoms with van der Waals surface area (Å²) < 4.78 is 19.8. The second-order valence-corrected chi connectivity index (χ2v) is 9.57. The normalized spacial score (nSPS) is 13.2. The van der Waals surface area contributed by atoms with Crippen LogP contribution in [-0.2, 0) is 24.8 Å². The predicted octanol–water partition coefficient (Wildman–Crippen LogP) is 2.46. The predicted molar refractivity (Wildman–Crippen MR) is 129 cm³/mol. The number of ketones is 1. The van der Waals surface area contributed by atoms with Crippen molar-refractivity contribution >= 4 is 11.4 Å². The minimum Gasteiger partial charge on any atom is -0.493 e. The number of aliphatic hydroxyl groups is 1. The number of Topliss-reactive ketones (excluding diaryl/α,β-unsaturated/α-hetero) is 1. The summed E-state index contributed by atoms with van der Waals surface area (Å²) in [6.07, 6.45) is 2.68. The molecule has 0 aliphatic heterocycles. The van der Waals surface area contributed by atoms with Crippen molar-refractivity contribution in [3.63, 3.8) is 0 Å². The van der Waals surface area contributed by atoms with Crippen molar-refractivity contribution < 1.29 is 24.1 Å². The lowest BCUT2D eigenvalue weighted by Gasteiger charge is -2.25. The van der Waals surface area contributed by atoms with Gasteiger partial charge in [-0.05, 0) is 43.7 Å². The van der Waals surface area contributed by atoms with Crippen LogP contribution in [0.25, 0.3) is 5.65 Å². The molecule has 4 rings (SSSR count). The highest BCUT2D eigenvalue weighted by atomic mass is 16.5. The average Bonchev–Trinajstić information content (AvgIpc) is 3.42. The molecule has 1 aliphatic carbocycles. The standard InChI is InChI=1S/C25H33N5O5/c1-6-34-23-17-9-7-8-16(17)22-27-29(24(26)30(22)28-23)14-19(32)15-12-18(25(2,3)4)21(33-5)20(13-15)35-11-10-31/h12-13,26,31H,6-11,14H2,1-5H3. The fourth-order valence-corrected chi connectivity index (χ4v) is 4.46. The summed E-state index contributed by atoms with van der Waals surface area (Å²) in [5.74, 6) is 1.24. The molecule has 0 spiro atoms. The number of carbonyl (C=O) groups is 1. The molecule has 2 aromatic heterocycles. The molecule has 0 unspecified atom stereocenters. The van der Waals surface area contributed by atoms with Gasteiger partial charge in [-0.2, -0.15) is 4.52 Å². The number of aromatic nitrogens is 4. The van der Waals surface area contributed by atoms with Crippen LogP contribution >= 0.6 is 0 Å². The van der Waals surface area contributed by atoms with E-state index in [9.17, 15) is 9.90 Å². The molecule has 10 nitrogen and oxygen atoms in total. The van der Waals surface area contributed by atoms with Crippen LogP contribution < -0.4 is 19.8 Å². The third-order valence-electron chi connectivity index (χ3n) is 6.11. The third-order valence-corrected chi connectivity index (χ3v) is 6.11. The molecule has 0 atom stereocenters. The maximum Gasteiger partial charge on any atom is 0.242 e. The fourth-order valence-electron chi connectivity index (χ4n) is 4.46. The lowest BCUT2D eigenvalue weighted by atomic mass is 9.84. The van der Waals surface area contributed by atoms with E-state index in [1.165, 1.54) is 9.20 Å². The van der Waals surface area contributed by atoms with Crippen LogP contribution in [0.5, 0.6) is 17.4 Å². The summed E-state index contributed by atoms with van der Waals surface area (Å²) in [6, 6.07) is 3.42. The van der Waals surface area contributed by atoms with Gasteiger partial charge in [-0.25, -0.2) is 4.68 Å². The number of methoxy groups -OCH3 is 1. The fraction of sp³-hybridized carbons (Fsp3) is 0.520. The molecular weight excluding hydrogens is 450 g/mol. The number of hydrogen-bond acceptors (Lipinski definition) is 8. The van der Waals surface area contributed by atoms with Gasteiger partial charge in [0.1, 0.15) is 13.2 Å². The Hall–Kier alpha value is -3.40. The first kappa shape index (κ1) is 24.7. The van der Waals surface area contributed by atoms with Crippen molar-refractivity contribution in [3.05, 3.63) is 40.0 Å². The van der Waals surface area contributed by atoms with Gasteiger partial charge in [0.05, 0.1) is 20.3 Å². The first-order valence-electron chi connectivity index (χ1n) is 11.9. The van der Waals surface area contributed by atoms with Crippen LogP contribution in [0, 0.1) is 5.41 Å². The molecule has 188 valence electrons. The Morgan fingerprint density at radius 3 is 2.57 bits per heavy atom. The second-order valence-electron chi connectivity index (χ2n) is 9.57. The van der Waals surface area contributed by atoms with Gasteiger partial charge in [-0.15, -0.1) is 10.2 Å². The van der Waals surface area contributed by atoms with Gasteiger partial charge in [0.2, 0.25) is 11.5 Å². The largest absolute Gasteiger partial charge is 0.493 e. The molecule has 1 aromatic carbocycles. The Morgan fingerprint density at radius 1 is 1.17 bits per heavy atom. The SMILES string of the molecule is CCOc1nn2c(=N)n(CC(=O)c3cc(OCCO)c(OC)c(C(C)(C)C)c3)nc2c2c1CCC2. The van der Waals surface area contributed by atoms with Crippen LogP contribution in [-0.4, -0.2) is 57.2 Å². The third kappa shape index (κ3) is 4.62. The number of nitrogens with zero attached hydrogens (tertiary/aromatic N) is 4. The molecule has 0 amide bonds. The monoisotopic (exact) mass is 483 g/mol. The van der Waals surface area contributed by atoms with Gasteiger partial charge < -0.3 is 19.3 Å². The molecule has 2 heterocycles. The average molecular weight is 484 g/mol. The Morgan fingerprint density at radius 2 is 1.91 bits per heavy atom. The summed E-state index contributed by atoms with van der Waals surface area (Å²) in [7, 11) is 1.55. The van der Waals surface area contributed by atoms with Gasteiger partial charge in [0.15, 0.2) is 22.9 Å². The van der Waals surface area contributed by atoms with E-state index in [4.69, 9.17) is 19.6 Å². The second kappa shape index (κ2) is 9.69. The first-order chi connectivity index (χ1) is 16.7. The van der Waals surface area contributed by atoms with Crippen molar-refractivity contribution in [3.8, 4) is 17.4 Å². The summed E-state index contributed by atoms with van der Waals surface area (Å²) in [5, 5.41) is 27.0. The zero-order chi connectivity index (χ0) is 25.3. The van der Waals surface area contributed by atoms with Gasteiger partial charge in [-0.1, -0.05) is 20.8 Å². The van der Waals surface area contributed by atoms with E-state index in [2.05, 4.69) is 10.2 Å². The van der Waals surface area contributed by atoms with E-state index in [0.717, 1.165) is 36.0 Å². The Labute approximate surface area is 203 Å². The van der Waals surface area contributed by atoms with E-state index in [0.29, 0.717) is 35.2 Å². The first-order valence-corrected chi connectivity index (χ1v) is 11.9. The number of aryl methyl sites for hydroxylation is 1. The summed E-state index contributed by atoms with van der Waals surface area (Å²) >= 11 is 0. The molecule has 0 bridgehead atoms. The lowest BCUT2D eigenvalue weighted by Crippen LogP contribution is -2.27. The van der Waals surface area contributed by atoms with Gasteiger partial charge in [-0.3, -0.25) is 10.2 Å².